The van der Waals surface area contributed by atoms with Crippen LogP contribution in [0.25, 0.3) is 0 Å². The van der Waals surface area contributed by atoms with Crippen LogP contribution in [0.5, 0.6) is 0 Å². The molecule has 0 amide bonds. The van der Waals surface area contributed by atoms with Gasteiger partial charge in [-0.2, -0.15) is 10.1 Å². The molecule has 4 heteroatoms. The summed E-state index contributed by atoms with van der Waals surface area (Å²) in [6.45, 7) is 5.98. The Hall–Kier alpha value is -1.19. The third-order valence-corrected chi connectivity index (χ3v) is 1.08. The lowest BCUT2D eigenvalue weighted by atomic mass is 10.6. The van der Waals surface area contributed by atoms with Crippen LogP contribution in [-0.2, 0) is 7.05 Å². The van der Waals surface area contributed by atoms with E-state index in [9.17, 15) is 4.79 Å². The Morgan fingerprint density at radius 2 is 2.00 bits per heavy atom. The van der Waals surface area contributed by atoms with Crippen molar-refractivity contribution in [2.24, 2.45) is 7.05 Å². The minimum atomic E-state index is -0.286. The van der Waals surface area contributed by atoms with Gasteiger partial charge in [0, 0.05) is 7.05 Å². The van der Waals surface area contributed by atoms with E-state index >= 15 is 0 Å². The van der Waals surface area contributed by atoms with E-state index < -0.39 is 0 Å². The summed E-state index contributed by atoms with van der Waals surface area (Å²) < 4.78 is 1.54. The highest BCUT2D eigenvalue weighted by atomic mass is 16.1. The summed E-state index contributed by atoms with van der Waals surface area (Å²) in [4.78, 5) is 14.1. The van der Waals surface area contributed by atoms with Crippen LogP contribution >= 0.6 is 0 Å². The lowest BCUT2D eigenvalue weighted by Crippen LogP contribution is -2.14. The highest BCUT2D eigenvalue weighted by Gasteiger charge is 1.89. The van der Waals surface area contributed by atoms with Crippen molar-refractivity contribution in [3.8, 4) is 0 Å². The third kappa shape index (κ3) is 3.85. The molecule has 0 radical (unpaired) electrons. The minimum absolute atomic E-state index is 0.286. The van der Waals surface area contributed by atoms with E-state index in [0.29, 0.717) is 5.82 Å². The molecule has 0 aromatic carbocycles. The Morgan fingerprint density at radius 3 is 2.33 bits per heavy atom. The summed E-state index contributed by atoms with van der Waals surface area (Å²) in [7, 11) is 1.74. The summed E-state index contributed by atoms with van der Waals surface area (Å²) in [5.74, 6) is 0.627. The molecule has 0 bridgehead atoms. The van der Waals surface area contributed by atoms with E-state index in [-0.39, 0.29) is 5.56 Å². The topological polar surface area (TPSA) is 47.8 Å². The van der Waals surface area contributed by atoms with Gasteiger partial charge in [0.2, 0.25) is 0 Å². The van der Waals surface area contributed by atoms with Gasteiger partial charge >= 0.3 is 0 Å². The monoisotopic (exact) mass is 169 g/mol. The Bertz CT molecular complexity index is 280. The van der Waals surface area contributed by atoms with Crippen molar-refractivity contribution in [2.45, 2.75) is 27.2 Å². The van der Waals surface area contributed by atoms with Gasteiger partial charge < -0.3 is 0 Å². The van der Waals surface area contributed by atoms with E-state index in [0.717, 1.165) is 0 Å². The smallest absolute Gasteiger partial charge is 0.266 e. The second-order valence-corrected chi connectivity index (χ2v) is 2.47. The molecule has 0 aliphatic rings. The first kappa shape index (κ1) is 10.8. The zero-order chi connectivity index (χ0) is 9.56. The Labute approximate surface area is 72.3 Å². The van der Waals surface area contributed by atoms with Gasteiger partial charge in [-0.15, -0.1) is 0 Å². The zero-order valence-corrected chi connectivity index (χ0v) is 8.03. The van der Waals surface area contributed by atoms with E-state index in [4.69, 9.17) is 0 Å². The fourth-order valence-electron chi connectivity index (χ4n) is 0.480. The van der Waals surface area contributed by atoms with Gasteiger partial charge in [0.1, 0.15) is 12.0 Å². The molecule has 1 rings (SSSR count). The number of nitrogens with zero attached hydrogens (tertiary/aromatic N) is 3. The molecule has 4 nitrogen and oxygen atoms in total. The van der Waals surface area contributed by atoms with Crippen LogP contribution in [0.3, 0.4) is 0 Å². The molecule has 0 aliphatic heterocycles. The minimum Gasteiger partial charge on any atom is -0.266 e. The summed E-state index contributed by atoms with van der Waals surface area (Å²) in [6.07, 6.45) is 2.44. The summed E-state index contributed by atoms with van der Waals surface area (Å²) in [5.41, 5.74) is -0.286. The summed E-state index contributed by atoms with van der Waals surface area (Å²) >= 11 is 0. The maximum atomic E-state index is 10.5. The van der Waals surface area contributed by atoms with E-state index in [1.807, 2.05) is 0 Å². The van der Waals surface area contributed by atoms with Crippen LogP contribution in [0.4, 0.5) is 0 Å². The lowest BCUT2D eigenvalue weighted by molar-refractivity contribution is 0.667. The summed E-state index contributed by atoms with van der Waals surface area (Å²) in [5, 5.41) is 3.72. The van der Waals surface area contributed by atoms with Gasteiger partial charge in [-0.05, 0) is 6.92 Å². The highest BCUT2D eigenvalue weighted by molar-refractivity contribution is 4.79. The van der Waals surface area contributed by atoms with Crippen LogP contribution < -0.4 is 5.56 Å². The molecule has 1 aromatic rings. The molecule has 0 unspecified atom stereocenters. The van der Waals surface area contributed by atoms with Gasteiger partial charge in [0.05, 0.1) is 0 Å². The molecular formula is C8H15N3O. The SMILES string of the molecule is CCC.Cc1nc(=O)cnn1C. The highest BCUT2D eigenvalue weighted by Crippen LogP contribution is 1.77. The lowest BCUT2D eigenvalue weighted by Gasteiger charge is -1.95. The van der Waals surface area contributed by atoms with E-state index in [1.54, 1.807) is 18.7 Å². The number of hydrogen-bond acceptors (Lipinski definition) is 3. The van der Waals surface area contributed by atoms with Gasteiger partial charge in [0.25, 0.3) is 5.56 Å². The number of aromatic nitrogens is 3. The molecule has 0 N–H and O–H groups in total. The van der Waals surface area contributed by atoms with Crippen molar-refractivity contribution in [3.05, 3.63) is 22.4 Å². The van der Waals surface area contributed by atoms with Gasteiger partial charge in [0.15, 0.2) is 0 Å². The number of rotatable bonds is 0. The van der Waals surface area contributed by atoms with Crippen LogP contribution in [0.2, 0.25) is 0 Å². The standard InChI is InChI=1S/C5H7N3O.C3H8/c1-4-7-5(9)3-6-8(4)2;1-3-2/h3H,1-2H3;3H2,1-2H3. The second-order valence-electron chi connectivity index (χ2n) is 2.47. The number of hydrogen-bond donors (Lipinski definition) is 0. The maximum Gasteiger partial charge on any atom is 0.291 e. The molecule has 12 heavy (non-hydrogen) atoms. The second kappa shape index (κ2) is 5.46. The van der Waals surface area contributed by atoms with Gasteiger partial charge in [-0.25, -0.2) is 0 Å². The van der Waals surface area contributed by atoms with E-state index in [1.165, 1.54) is 12.6 Å². The van der Waals surface area contributed by atoms with Crippen molar-refractivity contribution < 1.29 is 0 Å². The molecule has 1 heterocycles. The normalized spacial score (nSPS) is 8.67. The molecule has 0 spiro atoms. The predicted molar refractivity (Wildman–Crippen MR) is 48.0 cm³/mol. The molecule has 0 saturated heterocycles. The first-order valence-corrected chi connectivity index (χ1v) is 3.98. The fraction of sp³-hybridized carbons (Fsp3) is 0.625. The molecule has 1 aromatic heterocycles. The van der Waals surface area contributed by atoms with Crippen molar-refractivity contribution in [1.29, 1.82) is 0 Å². The Balaban J connectivity index is 0.000000354. The molecule has 0 saturated carbocycles. The van der Waals surface area contributed by atoms with E-state index in [2.05, 4.69) is 23.9 Å². The van der Waals surface area contributed by atoms with Crippen molar-refractivity contribution in [2.75, 3.05) is 0 Å². The molecular weight excluding hydrogens is 154 g/mol. The summed E-state index contributed by atoms with van der Waals surface area (Å²) in [6, 6.07) is 0. The average Bonchev–Trinajstić information content (AvgIpc) is 1.99. The predicted octanol–water partition coefficient (Wildman–Crippen LogP) is 0.900. The zero-order valence-electron chi connectivity index (χ0n) is 8.03. The molecule has 0 aliphatic carbocycles. The largest absolute Gasteiger partial charge is 0.291 e. The maximum absolute atomic E-state index is 10.5. The van der Waals surface area contributed by atoms with Crippen LogP contribution in [0.1, 0.15) is 26.1 Å². The fourth-order valence-corrected chi connectivity index (χ4v) is 0.480. The van der Waals surface area contributed by atoms with Crippen LogP contribution in [0.15, 0.2) is 11.0 Å². The molecule has 68 valence electrons. The third-order valence-electron chi connectivity index (χ3n) is 1.08. The molecule has 0 atom stereocenters. The first-order valence-electron chi connectivity index (χ1n) is 3.98. The number of aryl methyl sites for hydroxylation is 2. The van der Waals surface area contributed by atoms with Crippen LogP contribution in [-0.4, -0.2) is 14.8 Å². The van der Waals surface area contributed by atoms with Crippen molar-refractivity contribution in [3.63, 3.8) is 0 Å². The van der Waals surface area contributed by atoms with Crippen molar-refractivity contribution in [1.82, 2.24) is 14.8 Å². The van der Waals surface area contributed by atoms with Crippen LogP contribution in [0, 0.1) is 6.92 Å². The first-order chi connectivity index (χ1) is 5.61. The quantitative estimate of drug-likeness (QED) is 0.579. The average molecular weight is 169 g/mol. The van der Waals surface area contributed by atoms with Gasteiger partial charge in [-0.3, -0.25) is 9.48 Å². The molecule has 0 fully saturated rings. The Morgan fingerprint density at radius 1 is 1.50 bits per heavy atom. The van der Waals surface area contributed by atoms with Crippen molar-refractivity contribution >= 4 is 0 Å². The Kier molecular flexibility index (Phi) is 4.92. The van der Waals surface area contributed by atoms with Gasteiger partial charge in [-0.1, -0.05) is 20.3 Å².